The molecule has 2 N–H and O–H groups in total. The van der Waals surface area contributed by atoms with Crippen LogP contribution in [0.4, 0.5) is 0 Å². The Labute approximate surface area is 86.7 Å². The largest absolute Gasteiger partial charge is 0.487 e. The van der Waals surface area contributed by atoms with E-state index in [0.29, 0.717) is 6.61 Å². The third kappa shape index (κ3) is 9.92. The molecule has 0 aromatic carbocycles. The van der Waals surface area contributed by atoms with Gasteiger partial charge in [0, 0.05) is 4.95 Å². The Balaban J connectivity index is 3.18. The molecule has 15 heavy (non-hydrogen) atoms. The lowest BCUT2D eigenvalue weighted by atomic mass is 10.7. The minimum atomic E-state index is -4.31. The van der Waals surface area contributed by atoms with Crippen molar-refractivity contribution >= 4 is 7.75 Å². The Bertz CT molecular complexity index is 212. The summed E-state index contributed by atoms with van der Waals surface area (Å²) in [5.41, 5.74) is 0. The number of nitroso groups, excluding NO2 is 1. The summed E-state index contributed by atoms with van der Waals surface area (Å²) >= 11 is 0. The van der Waals surface area contributed by atoms with Crippen LogP contribution in [0.2, 0.25) is 0 Å². The van der Waals surface area contributed by atoms with E-state index >= 15 is 0 Å². The molecule has 1 unspecified atom stereocenters. The van der Waals surface area contributed by atoms with Crippen LogP contribution in [0.3, 0.4) is 0 Å². The van der Waals surface area contributed by atoms with Gasteiger partial charge in [-0.1, -0.05) is 0 Å². The van der Waals surface area contributed by atoms with Crippen LogP contribution in [0.15, 0.2) is 4.95 Å². The molecule has 0 aromatic rings. The van der Waals surface area contributed by atoms with Gasteiger partial charge in [0.25, 0.3) is 0 Å². The third-order valence-corrected chi connectivity index (χ3v) is 1.92. The van der Waals surface area contributed by atoms with Crippen LogP contribution in [0.25, 0.3) is 0 Å². The van der Waals surface area contributed by atoms with Crippen LogP contribution >= 0.6 is 7.75 Å². The van der Waals surface area contributed by atoms with Crippen molar-refractivity contribution in [1.29, 1.82) is 0 Å². The molecule has 90 valence electrons. The average molecular weight is 243 g/mol. The molecule has 0 heterocycles. The summed E-state index contributed by atoms with van der Waals surface area (Å²) in [6.45, 7) is 0.627. The monoisotopic (exact) mass is 243 g/mol. The lowest BCUT2D eigenvalue weighted by Crippen LogP contribution is -2.10. The minimum Gasteiger partial charge on any atom is -0.394 e. The second-order valence-electron chi connectivity index (χ2n) is 2.35. The molecule has 0 aliphatic heterocycles. The van der Waals surface area contributed by atoms with Gasteiger partial charge in [-0.05, 0) is 0 Å². The van der Waals surface area contributed by atoms with Gasteiger partial charge in [-0.3, -0.25) is 4.52 Å². The van der Waals surface area contributed by atoms with Crippen LogP contribution in [0, 0.1) is 4.91 Å². The van der Waals surface area contributed by atoms with Gasteiger partial charge in [0.1, 0.15) is 0 Å². The number of aliphatic hydroxyl groups is 1. The zero-order valence-corrected chi connectivity index (χ0v) is 8.97. The summed E-state index contributed by atoms with van der Waals surface area (Å²) in [4.78, 5) is 20.1. The molecule has 0 aliphatic carbocycles. The van der Waals surface area contributed by atoms with Gasteiger partial charge in [-0.15, -0.1) is 4.91 Å². The Kier molecular flexibility index (Phi) is 8.68. The van der Waals surface area contributed by atoms with Crippen molar-refractivity contribution in [2.75, 3.05) is 39.6 Å². The van der Waals surface area contributed by atoms with E-state index in [4.69, 9.17) is 19.5 Å². The number of rotatable bonds is 10. The normalized spacial score (nSPS) is 14.8. The smallest absolute Gasteiger partial charge is 0.394 e. The molecule has 0 aliphatic rings. The highest BCUT2D eigenvalue weighted by Crippen LogP contribution is 2.42. The zero-order chi connectivity index (χ0) is 11.6. The number of aliphatic hydroxyl groups excluding tert-OH is 1. The SMILES string of the molecule is O=NP(=O)(O)OCCOCCOCCO. The standard InChI is InChI=1S/C6H14NO7P/c8-1-2-12-3-4-13-5-6-14-15(10,11)7-9/h8H,1-6H2,(H,10,11). The van der Waals surface area contributed by atoms with Crippen molar-refractivity contribution in [3.05, 3.63) is 4.91 Å². The van der Waals surface area contributed by atoms with Crippen molar-refractivity contribution in [3.63, 3.8) is 0 Å². The first-order valence-electron chi connectivity index (χ1n) is 4.21. The van der Waals surface area contributed by atoms with E-state index < -0.39 is 7.75 Å². The lowest BCUT2D eigenvalue weighted by molar-refractivity contribution is 0.0237. The maximum absolute atomic E-state index is 10.5. The van der Waals surface area contributed by atoms with E-state index in [1.807, 2.05) is 4.95 Å². The molecule has 1 atom stereocenters. The molecule has 0 saturated heterocycles. The van der Waals surface area contributed by atoms with Crippen LogP contribution < -0.4 is 0 Å². The highest BCUT2D eigenvalue weighted by Gasteiger charge is 2.18. The Morgan fingerprint density at radius 3 is 2.13 bits per heavy atom. The summed E-state index contributed by atoms with van der Waals surface area (Å²) < 4.78 is 24.5. The first-order valence-corrected chi connectivity index (χ1v) is 5.74. The zero-order valence-electron chi connectivity index (χ0n) is 8.07. The summed E-state index contributed by atoms with van der Waals surface area (Å²) in [7, 11) is -4.31. The van der Waals surface area contributed by atoms with E-state index in [2.05, 4.69) is 4.52 Å². The van der Waals surface area contributed by atoms with Gasteiger partial charge in [-0.25, -0.2) is 4.57 Å². The van der Waals surface area contributed by atoms with E-state index in [1.165, 1.54) is 0 Å². The summed E-state index contributed by atoms with van der Waals surface area (Å²) in [5, 5.41) is 8.34. The fourth-order valence-corrected chi connectivity index (χ4v) is 0.985. The minimum absolute atomic E-state index is 0.0538. The quantitative estimate of drug-likeness (QED) is 0.312. The highest BCUT2D eigenvalue weighted by molar-refractivity contribution is 7.51. The number of hydrogen-bond donors (Lipinski definition) is 2. The van der Waals surface area contributed by atoms with Gasteiger partial charge >= 0.3 is 7.75 Å². The summed E-state index contributed by atoms with van der Waals surface area (Å²) in [5.74, 6) is 0. The number of nitrogens with zero attached hydrogens (tertiary/aromatic N) is 1. The number of ether oxygens (including phenoxy) is 2. The molecule has 0 fully saturated rings. The molecule has 0 spiro atoms. The van der Waals surface area contributed by atoms with E-state index in [0.717, 1.165) is 0 Å². The Morgan fingerprint density at radius 1 is 1.07 bits per heavy atom. The molecular weight excluding hydrogens is 229 g/mol. The van der Waals surface area contributed by atoms with E-state index in [9.17, 15) is 9.47 Å². The average Bonchev–Trinajstić information content (AvgIpc) is 2.22. The van der Waals surface area contributed by atoms with Crippen molar-refractivity contribution < 1.29 is 28.6 Å². The lowest BCUT2D eigenvalue weighted by Gasteiger charge is -2.05. The van der Waals surface area contributed by atoms with E-state index in [1.54, 1.807) is 0 Å². The fraction of sp³-hybridized carbons (Fsp3) is 1.00. The molecular formula is C6H14NO7P. The third-order valence-electron chi connectivity index (χ3n) is 1.20. The molecule has 0 bridgehead atoms. The molecule has 0 amide bonds. The predicted molar refractivity (Wildman–Crippen MR) is 50.3 cm³/mol. The number of hydrogen-bond acceptors (Lipinski definition) is 6. The Hall–Kier alpha value is -0.370. The maximum Gasteiger partial charge on any atom is 0.487 e. The summed E-state index contributed by atoms with van der Waals surface area (Å²) in [6, 6.07) is 0. The van der Waals surface area contributed by atoms with Crippen LogP contribution in [-0.2, 0) is 18.6 Å². The fourth-order valence-electron chi connectivity index (χ4n) is 0.625. The van der Waals surface area contributed by atoms with Crippen molar-refractivity contribution in [2.45, 2.75) is 0 Å². The van der Waals surface area contributed by atoms with Crippen LogP contribution in [-0.4, -0.2) is 49.6 Å². The molecule has 0 rings (SSSR count). The summed E-state index contributed by atoms with van der Waals surface area (Å²) in [6.07, 6.45) is 0. The first-order chi connectivity index (χ1) is 7.12. The molecule has 9 heteroatoms. The maximum atomic E-state index is 10.5. The van der Waals surface area contributed by atoms with Gasteiger partial charge in [0.05, 0.1) is 39.6 Å². The van der Waals surface area contributed by atoms with Gasteiger partial charge in [0.15, 0.2) is 0 Å². The molecule has 0 radical (unpaired) electrons. The van der Waals surface area contributed by atoms with Crippen LogP contribution in [0.1, 0.15) is 0 Å². The van der Waals surface area contributed by atoms with Crippen LogP contribution in [0.5, 0.6) is 0 Å². The molecule has 8 nitrogen and oxygen atoms in total. The second-order valence-corrected chi connectivity index (χ2v) is 3.76. The topological polar surface area (TPSA) is 115 Å². The van der Waals surface area contributed by atoms with Crippen molar-refractivity contribution in [1.82, 2.24) is 0 Å². The van der Waals surface area contributed by atoms with Crippen molar-refractivity contribution in [2.24, 2.45) is 4.95 Å². The van der Waals surface area contributed by atoms with Crippen molar-refractivity contribution in [3.8, 4) is 0 Å². The van der Waals surface area contributed by atoms with Gasteiger partial charge in [-0.2, -0.15) is 0 Å². The predicted octanol–water partition coefficient (Wildman–Crippen LogP) is -0.105. The highest BCUT2D eigenvalue weighted by atomic mass is 31.2. The first kappa shape index (κ1) is 14.6. The van der Waals surface area contributed by atoms with Gasteiger partial charge in [0.2, 0.25) is 0 Å². The Morgan fingerprint density at radius 2 is 1.60 bits per heavy atom. The molecule has 0 aromatic heterocycles. The second kappa shape index (κ2) is 8.90. The van der Waals surface area contributed by atoms with Gasteiger partial charge < -0.3 is 19.5 Å². The van der Waals surface area contributed by atoms with E-state index in [-0.39, 0.29) is 33.0 Å². The molecule has 0 saturated carbocycles.